The Morgan fingerprint density at radius 2 is 1.41 bits per heavy atom. The molecule has 0 aromatic heterocycles. The monoisotopic (exact) mass is 230 g/mol. The van der Waals surface area contributed by atoms with Gasteiger partial charge in [0.1, 0.15) is 5.75 Å². The van der Waals surface area contributed by atoms with Gasteiger partial charge < -0.3 is 4.74 Å². The number of aryl methyl sites for hydroxylation is 1. The first kappa shape index (κ1) is 11.6. The molecular formula is C15H15FO. The third-order valence-corrected chi connectivity index (χ3v) is 2.77. The molecule has 1 nitrogen and oxygen atoms in total. The van der Waals surface area contributed by atoms with Gasteiger partial charge in [0.25, 0.3) is 0 Å². The van der Waals surface area contributed by atoms with Gasteiger partial charge in [-0.25, -0.2) is 4.39 Å². The van der Waals surface area contributed by atoms with Crippen molar-refractivity contribution in [3.63, 3.8) is 0 Å². The van der Waals surface area contributed by atoms with Crippen molar-refractivity contribution in [2.75, 3.05) is 6.86 Å². The predicted octanol–water partition coefficient (Wildman–Crippen LogP) is 4.22. The maximum absolute atomic E-state index is 12.0. The Hall–Kier alpha value is -1.83. The fraction of sp³-hybridized carbons (Fsp3) is 0.200. The summed E-state index contributed by atoms with van der Waals surface area (Å²) in [5.74, 6) is 0.557. The number of benzene rings is 2. The topological polar surface area (TPSA) is 9.23 Å². The zero-order valence-corrected chi connectivity index (χ0v) is 9.82. The number of alkyl halides is 1. The van der Waals surface area contributed by atoms with E-state index >= 15 is 0 Å². The van der Waals surface area contributed by atoms with Crippen LogP contribution in [-0.2, 0) is 6.42 Å². The largest absolute Gasteiger partial charge is 0.463 e. The Morgan fingerprint density at radius 1 is 0.882 bits per heavy atom. The molecule has 0 bridgehead atoms. The summed E-state index contributed by atoms with van der Waals surface area (Å²) in [6.45, 7) is 1.35. The maximum Gasteiger partial charge on any atom is 0.228 e. The van der Waals surface area contributed by atoms with E-state index in [-0.39, 0.29) is 0 Å². The van der Waals surface area contributed by atoms with Crippen LogP contribution in [0.5, 0.6) is 5.75 Å². The van der Waals surface area contributed by atoms with Gasteiger partial charge in [0.05, 0.1) is 0 Å². The number of hydrogen-bond donors (Lipinski definition) is 0. The molecule has 88 valence electrons. The predicted molar refractivity (Wildman–Crippen MR) is 67.9 cm³/mol. The number of rotatable bonds is 4. The van der Waals surface area contributed by atoms with E-state index in [1.807, 2.05) is 12.1 Å². The van der Waals surface area contributed by atoms with Crippen LogP contribution in [-0.4, -0.2) is 6.86 Å². The van der Waals surface area contributed by atoms with E-state index in [0.717, 1.165) is 17.5 Å². The molecule has 0 unspecified atom stereocenters. The van der Waals surface area contributed by atoms with Crippen molar-refractivity contribution in [2.45, 2.75) is 13.3 Å². The average molecular weight is 230 g/mol. The van der Waals surface area contributed by atoms with Crippen LogP contribution in [0.15, 0.2) is 48.5 Å². The van der Waals surface area contributed by atoms with Crippen LogP contribution in [0, 0.1) is 0 Å². The summed E-state index contributed by atoms with van der Waals surface area (Å²) in [5, 5.41) is 0. The van der Waals surface area contributed by atoms with E-state index in [1.165, 1.54) is 5.56 Å². The smallest absolute Gasteiger partial charge is 0.228 e. The van der Waals surface area contributed by atoms with Gasteiger partial charge in [-0.05, 0) is 35.2 Å². The quantitative estimate of drug-likeness (QED) is 0.764. The first-order valence-electron chi connectivity index (χ1n) is 5.71. The molecule has 0 saturated heterocycles. The summed E-state index contributed by atoms with van der Waals surface area (Å²) in [7, 11) is 0. The molecule has 0 spiro atoms. The molecule has 0 aliphatic carbocycles. The first-order chi connectivity index (χ1) is 8.33. The Bertz CT molecular complexity index is 459. The molecule has 0 aliphatic heterocycles. The fourth-order valence-electron chi connectivity index (χ4n) is 1.74. The Labute approximate surface area is 101 Å². The zero-order chi connectivity index (χ0) is 12.1. The van der Waals surface area contributed by atoms with E-state index in [0.29, 0.717) is 5.75 Å². The summed E-state index contributed by atoms with van der Waals surface area (Å²) in [5.41, 5.74) is 3.60. The zero-order valence-electron chi connectivity index (χ0n) is 9.82. The molecule has 2 rings (SSSR count). The van der Waals surface area contributed by atoms with Gasteiger partial charge in [-0.15, -0.1) is 0 Å². The van der Waals surface area contributed by atoms with Crippen LogP contribution >= 0.6 is 0 Å². The minimum Gasteiger partial charge on any atom is -0.463 e. The van der Waals surface area contributed by atoms with Crippen molar-refractivity contribution in [3.8, 4) is 16.9 Å². The minimum absolute atomic E-state index is 0.557. The molecule has 0 N–H and O–H groups in total. The molecule has 0 saturated carbocycles. The van der Waals surface area contributed by atoms with Gasteiger partial charge in [-0.3, -0.25) is 0 Å². The molecule has 2 aromatic rings. The van der Waals surface area contributed by atoms with Crippen LogP contribution in [0.25, 0.3) is 11.1 Å². The van der Waals surface area contributed by atoms with Crippen LogP contribution in [0.1, 0.15) is 12.5 Å². The van der Waals surface area contributed by atoms with E-state index in [2.05, 4.69) is 31.2 Å². The molecule has 0 radical (unpaired) electrons. The first-order valence-corrected chi connectivity index (χ1v) is 5.71. The SMILES string of the molecule is CCc1ccc(-c2ccc(OCF)cc2)cc1. The van der Waals surface area contributed by atoms with Gasteiger partial charge in [-0.2, -0.15) is 0 Å². The lowest BCUT2D eigenvalue weighted by Gasteiger charge is -2.05. The van der Waals surface area contributed by atoms with E-state index in [1.54, 1.807) is 12.1 Å². The fourth-order valence-corrected chi connectivity index (χ4v) is 1.74. The van der Waals surface area contributed by atoms with Gasteiger partial charge in [-0.1, -0.05) is 43.3 Å². The number of halogens is 1. The van der Waals surface area contributed by atoms with Crippen LogP contribution in [0.3, 0.4) is 0 Å². The molecule has 0 amide bonds. The van der Waals surface area contributed by atoms with Gasteiger partial charge >= 0.3 is 0 Å². The minimum atomic E-state index is -0.787. The van der Waals surface area contributed by atoms with Crippen molar-refractivity contribution in [2.24, 2.45) is 0 Å². The molecule has 2 aromatic carbocycles. The lowest BCUT2D eigenvalue weighted by Crippen LogP contribution is -1.89. The van der Waals surface area contributed by atoms with E-state index < -0.39 is 6.86 Å². The van der Waals surface area contributed by atoms with Crippen molar-refractivity contribution in [1.82, 2.24) is 0 Å². The second-order valence-electron chi connectivity index (χ2n) is 3.83. The van der Waals surface area contributed by atoms with E-state index in [9.17, 15) is 4.39 Å². The maximum atomic E-state index is 12.0. The van der Waals surface area contributed by atoms with Gasteiger partial charge in [0, 0.05) is 0 Å². The number of hydrogen-bond acceptors (Lipinski definition) is 1. The summed E-state index contributed by atoms with van der Waals surface area (Å²) in [6, 6.07) is 15.9. The lowest BCUT2D eigenvalue weighted by molar-refractivity contribution is 0.192. The third-order valence-electron chi connectivity index (χ3n) is 2.77. The highest BCUT2D eigenvalue weighted by Gasteiger charge is 1.98. The Balaban J connectivity index is 2.20. The summed E-state index contributed by atoms with van der Waals surface area (Å²) < 4.78 is 16.7. The van der Waals surface area contributed by atoms with Crippen molar-refractivity contribution < 1.29 is 9.13 Å². The standard InChI is InChI=1S/C15H15FO/c1-2-12-3-5-13(6-4-12)14-7-9-15(10-8-14)17-11-16/h3-10H,2,11H2,1H3. The third kappa shape index (κ3) is 2.84. The van der Waals surface area contributed by atoms with Gasteiger partial charge in [0.2, 0.25) is 6.86 Å². The van der Waals surface area contributed by atoms with Crippen molar-refractivity contribution in [3.05, 3.63) is 54.1 Å². The second kappa shape index (κ2) is 5.48. The highest BCUT2D eigenvalue weighted by molar-refractivity contribution is 5.64. The summed E-state index contributed by atoms with van der Waals surface area (Å²) in [4.78, 5) is 0. The molecule has 0 heterocycles. The highest BCUT2D eigenvalue weighted by atomic mass is 19.1. The van der Waals surface area contributed by atoms with Crippen LogP contribution in [0.2, 0.25) is 0 Å². The molecule has 17 heavy (non-hydrogen) atoms. The molecule has 2 heteroatoms. The molecule has 0 aliphatic rings. The Morgan fingerprint density at radius 3 is 1.88 bits per heavy atom. The van der Waals surface area contributed by atoms with Crippen molar-refractivity contribution >= 4 is 0 Å². The highest BCUT2D eigenvalue weighted by Crippen LogP contribution is 2.22. The molecular weight excluding hydrogens is 215 g/mol. The number of ether oxygens (including phenoxy) is 1. The molecule has 0 fully saturated rings. The van der Waals surface area contributed by atoms with Gasteiger partial charge in [0.15, 0.2) is 0 Å². The normalized spacial score (nSPS) is 10.2. The molecule has 0 atom stereocenters. The lowest BCUT2D eigenvalue weighted by atomic mass is 10.0. The Kier molecular flexibility index (Phi) is 3.76. The second-order valence-corrected chi connectivity index (χ2v) is 3.83. The van der Waals surface area contributed by atoms with Crippen LogP contribution in [0.4, 0.5) is 4.39 Å². The average Bonchev–Trinajstić information content (AvgIpc) is 2.40. The summed E-state index contributed by atoms with van der Waals surface area (Å²) >= 11 is 0. The van der Waals surface area contributed by atoms with E-state index in [4.69, 9.17) is 4.74 Å². The van der Waals surface area contributed by atoms with Crippen LogP contribution < -0.4 is 4.74 Å². The van der Waals surface area contributed by atoms with Crippen molar-refractivity contribution in [1.29, 1.82) is 0 Å². The summed E-state index contributed by atoms with van der Waals surface area (Å²) in [6.07, 6.45) is 1.05.